The highest BCUT2D eigenvalue weighted by Crippen LogP contribution is 2.19. The molecular formula is C12H13N3O2. The van der Waals surface area contributed by atoms with Gasteiger partial charge < -0.3 is 9.73 Å². The summed E-state index contributed by atoms with van der Waals surface area (Å²) in [5.74, 6) is 1.01. The molecule has 0 unspecified atom stereocenters. The maximum atomic E-state index is 11.2. The number of carbonyl (C=O) groups is 1. The first-order chi connectivity index (χ1) is 8.19. The van der Waals surface area contributed by atoms with Gasteiger partial charge in [0.2, 0.25) is 17.7 Å². The number of amides is 1. The number of nitrogens with one attached hydrogen (secondary N) is 1. The number of aryl methyl sites for hydroxylation is 1. The summed E-state index contributed by atoms with van der Waals surface area (Å²) in [6, 6.07) is 7.28. The van der Waals surface area contributed by atoms with Gasteiger partial charge in [-0.25, -0.2) is 0 Å². The van der Waals surface area contributed by atoms with E-state index in [1.165, 1.54) is 0 Å². The van der Waals surface area contributed by atoms with Gasteiger partial charge in [0, 0.05) is 24.6 Å². The second kappa shape index (κ2) is 4.78. The van der Waals surface area contributed by atoms with Crippen LogP contribution < -0.4 is 5.32 Å². The van der Waals surface area contributed by atoms with E-state index in [-0.39, 0.29) is 5.91 Å². The van der Waals surface area contributed by atoms with Gasteiger partial charge in [-0.2, -0.15) is 0 Å². The lowest BCUT2D eigenvalue weighted by molar-refractivity contribution is -0.115. The van der Waals surface area contributed by atoms with Crippen LogP contribution in [0.25, 0.3) is 11.5 Å². The summed E-state index contributed by atoms with van der Waals surface area (Å²) in [4.78, 5) is 11.2. The second-order valence-electron chi connectivity index (χ2n) is 3.61. The number of benzene rings is 1. The Bertz CT molecular complexity index is 517. The van der Waals surface area contributed by atoms with Gasteiger partial charge in [0.05, 0.1) is 0 Å². The van der Waals surface area contributed by atoms with Crippen molar-refractivity contribution in [2.24, 2.45) is 0 Å². The number of hydrogen-bond acceptors (Lipinski definition) is 4. The molecule has 0 saturated carbocycles. The van der Waals surface area contributed by atoms with Crippen LogP contribution in [0.15, 0.2) is 28.7 Å². The van der Waals surface area contributed by atoms with Crippen molar-refractivity contribution in [2.45, 2.75) is 20.3 Å². The number of nitrogens with zero attached hydrogens (tertiary/aromatic N) is 2. The van der Waals surface area contributed by atoms with E-state index < -0.39 is 0 Å². The predicted octanol–water partition coefficient (Wildman–Crippen LogP) is 2.39. The lowest BCUT2D eigenvalue weighted by atomic mass is 10.2. The molecular weight excluding hydrogens is 218 g/mol. The molecule has 2 rings (SSSR count). The molecule has 0 fully saturated rings. The van der Waals surface area contributed by atoms with Crippen LogP contribution in [0.3, 0.4) is 0 Å². The standard InChI is InChI=1S/C12H13N3O2/c1-3-11(16)13-10-6-4-9(5-7-10)12-15-14-8(2)17-12/h4-7H,3H2,1-2H3,(H,13,16). The first-order valence-corrected chi connectivity index (χ1v) is 5.39. The molecule has 0 atom stereocenters. The van der Waals surface area contributed by atoms with Crippen molar-refractivity contribution in [3.05, 3.63) is 30.2 Å². The molecule has 0 saturated heterocycles. The normalized spacial score (nSPS) is 10.2. The fourth-order valence-corrected chi connectivity index (χ4v) is 1.36. The maximum Gasteiger partial charge on any atom is 0.247 e. The van der Waals surface area contributed by atoms with E-state index in [0.717, 1.165) is 11.3 Å². The van der Waals surface area contributed by atoms with E-state index in [0.29, 0.717) is 18.2 Å². The van der Waals surface area contributed by atoms with E-state index in [1.807, 2.05) is 31.2 Å². The molecule has 5 heteroatoms. The SMILES string of the molecule is CCC(=O)Nc1ccc(-c2nnc(C)o2)cc1. The fraction of sp³-hybridized carbons (Fsp3) is 0.250. The molecule has 1 aromatic heterocycles. The molecule has 2 aromatic rings. The first kappa shape index (κ1) is 11.3. The third kappa shape index (κ3) is 2.69. The Kier molecular flexibility index (Phi) is 3.18. The molecule has 0 radical (unpaired) electrons. The summed E-state index contributed by atoms with van der Waals surface area (Å²) >= 11 is 0. The number of aromatic nitrogens is 2. The van der Waals surface area contributed by atoms with Crippen molar-refractivity contribution in [3.8, 4) is 11.5 Å². The zero-order valence-corrected chi connectivity index (χ0v) is 9.73. The van der Waals surface area contributed by atoms with Crippen molar-refractivity contribution in [1.29, 1.82) is 0 Å². The van der Waals surface area contributed by atoms with Crippen LogP contribution in [0, 0.1) is 6.92 Å². The van der Waals surface area contributed by atoms with Crippen molar-refractivity contribution >= 4 is 11.6 Å². The molecule has 88 valence electrons. The van der Waals surface area contributed by atoms with Crippen LogP contribution in [0.2, 0.25) is 0 Å². The molecule has 0 aliphatic rings. The van der Waals surface area contributed by atoms with E-state index in [9.17, 15) is 4.79 Å². The Balaban J connectivity index is 2.15. The molecule has 1 amide bonds. The zero-order valence-electron chi connectivity index (χ0n) is 9.73. The number of anilines is 1. The fourth-order valence-electron chi connectivity index (χ4n) is 1.36. The lowest BCUT2D eigenvalue weighted by Gasteiger charge is -2.03. The van der Waals surface area contributed by atoms with Crippen molar-refractivity contribution in [1.82, 2.24) is 10.2 Å². The number of hydrogen-bond donors (Lipinski definition) is 1. The molecule has 1 N–H and O–H groups in total. The van der Waals surface area contributed by atoms with Gasteiger partial charge in [-0.3, -0.25) is 4.79 Å². The monoisotopic (exact) mass is 231 g/mol. The second-order valence-corrected chi connectivity index (χ2v) is 3.61. The average molecular weight is 231 g/mol. The summed E-state index contributed by atoms with van der Waals surface area (Å²) in [5, 5.41) is 10.4. The van der Waals surface area contributed by atoms with Crippen LogP contribution >= 0.6 is 0 Å². The van der Waals surface area contributed by atoms with Crippen molar-refractivity contribution in [3.63, 3.8) is 0 Å². The van der Waals surface area contributed by atoms with Gasteiger partial charge in [0.25, 0.3) is 0 Å². The van der Waals surface area contributed by atoms with Crippen molar-refractivity contribution in [2.75, 3.05) is 5.32 Å². The van der Waals surface area contributed by atoms with Gasteiger partial charge in [0.15, 0.2) is 0 Å². The lowest BCUT2D eigenvalue weighted by Crippen LogP contribution is -2.08. The van der Waals surface area contributed by atoms with Crippen LogP contribution in [-0.2, 0) is 4.79 Å². The summed E-state index contributed by atoms with van der Waals surface area (Å²) in [7, 11) is 0. The highest BCUT2D eigenvalue weighted by molar-refractivity contribution is 5.90. The highest BCUT2D eigenvalue weighted by atomic mass is 16.4. The third-order valence-corrected chi connectivity index (χ3v) is 2.26. The predicted molar refractivity (Wildman–Crippen MR) is 63.4 cm³/mol. The average Bonchev–Trinajstić information content (AvgIpc) is 2.77. The molecule has 0 bridgehead atoms. The van der Waals surface area contributed by atoms with Gasteiger partial charge in [-0.15, -0.1) is 10.2 Å². The quantitative estimate of drug-likeness (QED) is 0.880. The van der Waals surface area contributed by atoms with E-state index >= 15 is 0 Å². The van der Waals surface area contributed by atoms with Gasteiger partial charge in [-0.05, 0) is 24.3 Å². The Morgan fingerprint density at radius 1 is 1.29 bits per heavy atom. The van der Waals surface area contributed by atoms with Crippen LogP contribution in [-0.4, -0.2) is 16.1 Å². The molecule has 0 aliphatic heterocycles. The molecule has 0 aliphatic carbocycles. The number of rotatable bonds is 3. The zero-order chi connectivity index (χ0) is 12.3. The minimum Gasteiger partial charge on any atom is -0.421 e. The Hall–Kier alpha value is -2.17. The summed E-state index contributed by atoms with van der Waals surface area (Å²) in [5.41, 5.74) is 1.59. The molecule has 1 aromatic carbocycles. The van der Waals surface area contributed by atoms with Crippen LogP contribution in [0.4, 0.5) is 5.69 Å². The largest absolute Gasteiger partial charge is 0.421 e. The smallest absolute Gasteiger partial charge is 0.247 e. The summed E-state index contributed by atoms with van der Waals surface area (Å²) < 4.78 is 5.30. The topological polar surface area (TPSA) is 68.0 Å². The first-order valence-electron chi connectivity index (χ1n) is 5.39. The third-order valence-electron chi connectivity index (χ3n) is 2.26. The van der Waals surface area contributed by atoms with E-state index in [2.05, 4.69) is 15.5 Å². The van der Waals surface area contributed by atoms with E-state index in [1.54, 1.807) is 6.92 Å². The molecule has 0 spiro atoms. The molecule has 5 nitrogen and oxygen atoms in total. The van der Waals surface area contributed by atoms with Gasteiger partial charge >= 0.3 is 0 Å². The summed E-state index contributed by atoms with van der Waals surface area (Å²) in [6.07, 6.45) is 0.463. The molecule has 17 heavy (non-hydrogen) atoms. The highest BCUT2D eigenvalue weighted by Gasteiger charge is 2.05. The Morgan fingerprint density at radius 3 is 2.53 bits per heavy atom. The van der Waals surface area contributed by atoms with Gasteiger partial charge in [-0.1, -0.05) is 6.92 Å². The summed E-state index contributed by atoms with van der Waals surface area (Å²) in [6.45, 7) is 3.55. The minimum atomic E-state index is -0.00798. The van der Waals surface area contributed by atoms with Crippen LogP contribution in [0.5, 0.6) is 0 Å². The Morgan fingerprint density at radius 2 is 2.00 bits per heavy atom. The number of carbonyl (C=O) groups excluding carboxylic acids is 1. The van der Waals surface area contributed by atoms with Crippen molar-refractivity contribution < 1.29 is 9.21 Å². The van der Waals surface area contributed by atoms with E-state index in [4.69, 9.17) is 4.42 Å². The van der Waals surface area contributed by atoms with Gasteiger partial charge in [0.1, 0.15) is 0 Å². The Labute approximate surface area is 98.9 Å². The minimum absolute atomic E-state index is 0.00798. The molecule has 1 heterocycles. The maximum absolute atomic E-state index is 11.2. The van der Waals surface area contributed by atoms with Crippen LogP contribution in [0.1, 0.15) is 19.2 Å².